The van der Waals surface area contributed by atoms with Gasteiger partial charge in [-0.05, 0) is 37.6 Å². The molecule has 126 valence electrons. The summed E-state index contributed by atoms with van der Waals surface area (Å²) in [6.07, 6.45) is 5.57. The minimum Gasteiger partial charge on any atom is -0.314 e. The van der Waals surface area contributed by atoms with Crippen LogP contribution in [0.2, 0.25) is 0 Å². The van der Waals surface area contributed by atoms with Gasteiger partial charge in [-0.25, -0.2) is 4.72 Å². The topological polar surface area (TPSA) is 61.4 Å². The molecule has 0 heterocycles. The van der Waals surface area contributed by atoms with Crippen LogP contribution in [0.15, 0.2) is 0 Å². The normalized spacial score (nSPS) is 23.9. The molecule has 0 aromatic rings. The maximum absolute atomic E-state index is 12.2. The first-order chi connectivity index (χ1) is 9.81. The molecule has 0 unspecified atom stereocenters. The van der Waals surface area contributed by atoms with E-state index in [2.05, 4.69) is 30.8 Å². The van der Waals surface area contributed by atoms with E-state index in [1.165, 1.54) is 17.1 Å². The summed E-state index contributed by atoms with van der Waals surface area (Å²) in [7, 11) is -1.66. The van der Waals surface area contributed by atoms with Gasteiger partial charge < -0.3 is 5.32 Å². The molecule has 0 spiro atoms. The fraction of sp³-hybridized carbons (Fsp3) is 1.00. The van der Waals surface area contributed by atoms with E-state index < -0.39 is 10.2 Å². The first kappa shape index (κ1) is 18.9. The van der Waals surface area contributed by atoms with Crippen molar-refractivity contribution in [1.82, 2.24) is 14.3 Å². The monoisotopic (exact) mass is 319 g/mol. The van der Waals surface area contributed by atoms with Crippen LogP contribution in [-0.4, -0.2) is 45.4 Å². The van der Waals surface area contributed by atoms with Gasteiger partial charge in [-0.2, -0.15) is 12.7 Å². The van der Waals surface area contributed by atoms with E-state index in [-0.39, 0.29) is 0 Å². The molecule has 1 aliphatic rings. The van der Waals surface area contributed by atoms with Gasteiger partial charge in [0.05, 0.1) is 0 Å². The minimum atomic E-state index is -3.32. The molecule has 0 atom stereocenters. The minimum absolute atomic E-state index is 0.443. The third-order valence-electron chi connectivity index (χ3n) is 4.30. The summed E-state index contributed by atoms with van der Waals surface area (Å²) >= 11 is 0. The van der Waals surface area contributed by atoms with Gasteiger partial charge >= 0.3 is 0 Å². The van der Waals surface area contributed by atoms with Crippen LogP contribution in [0.3, 0.4) is 0 Å². The summed E-state index contributed by atoms with van der Waals surface area (Å²) in [4.78, 5) is 0. The third-order valence-corrected chi connectivity index (χ3v) is 5.84. The van der Waals surface area contributed by atoms with Crippen LogP contribution in [0.25, 0.3) is 0 Å². The van der Waals surface area contributed by atoms with Crippen molar-refractivity contribution in [2.45, 2.75) is 58.9 Å². The Kier molecular flexibility index (Phi) is 8.16. The molecule has 0 saturated heterocycles. The lowest BCUT2D eigenvalue weighted by Gasteiger charge is -2.27. The zero-order valence-corrected chi connectivity index (χ0v) is 14.9. The highest BCUT2D eigenvalue weighted by molar-refractivity contribution is 7.87. The molecule has 5 nitrogen and oxygen atoms in total. The summed E-state index contributed by atoms with van der Waals surface area (Å²) < 4.78 is 28.5. The van der Waals surface area contributed by atoms with Crippen LogP contribution >= 0.6 is 0 Å². The molecule has 1 aliphatic carbocycles. The Morgan fingerprint density at radius 1 is 1.19 bits per heavy atom. The van der Waals surface area contributed by atoms with Crippen molar-refractivity contribution in [3.63, 3.8) is 0 Å². The smallest absolute Gasteiger partial charge is 0.279 e. The maximum Gasteiger partial charge on any atom is 0.279 e. The molecule has 2 N–H and O–H groups in total. The Morgan fingerprint density at radius 2 is 1.81 bits per heavy atom. The van der Waals surface area contributed by atoms with Gasteiger partial charge in [0.25, 0.3) is 10.2 Å². The number of nitrogens with zero attached hydrogens (tertiary/aromatic N) is 1. The second-order valence-corrected chi connectivity index (χ2v) is 8.63. The fourth-order valence-corrected chi connectivity index (χ4v) is 3.72. The van der Waals surface area contributed by atoms with E-state index in [1.807, 2.05) is 0 Å². The van der Waals surface area contributed by atoms with Crippen LogP contribution < -0.4 is 10.0 Å². The Balaban J connectivity index is 2.25. The second kappa shape index (κ2) is 9.08. The lowest BCUT2D eigenvalue weighted by molar-refractivity contribution is 0.289. The van der Waals surface area contributed by atoms with E-state index in [0.717, 1.165) is 31.7 Å². The summed E-state index contributed by atoms with van der Waals surface area (Å²) in [5.74, 6) is 1.31. The van der Waals surface area contributed by atoms with Crippen molar-refractivity contribution in [3.8, 4) is 0 Å². The molecule has 0 amide bonds. The van der Waals surface area contributed by atoms with Crippen LogP contribution in [0, 0.1) is 11.8 Å². The highest BCUT2D eigenvalue weighted by atomic mass is 32.2. The molecule has 6 heteroatoms. The van der Waals surface area contributed by atoms with Gasteiger partial charge in [0.15, 0.2) is 0 Å². The van der Waals surface area contributed by atoms with E-state index in [1.54, 1.807) is 7.05 Å². The molecular weight excluding hydrogens is 286 g/mol. The number of rotatable bonds is 9. The van der Waals surface area contributed by atoms with Gasteiger partial charge in [-0.1, -0.05) is 33.6 Å². The quantitative estimate of drug-likeness (QED) is 0.639. The van der Waals surface area contributed by atoms with Crippen LogP contribution in [0.4, 0.5) is 0 Å². The molecule has 0 aromatic carbocycles. The SMILES string of the molecule is CC1CCC(CNS(=O)(=O)N(C)CCCNC(C)C)CC1. The standard InChI is InChI=1S/C15H33N3O2S/c1-13(2)16-10-5-11-18(4)21(19,20)17-12-15-8-6-14(3)7-9-15/h13-17H,5-12H2,1-4H3. The number of hydrogen-bond donors (Lipinski definition) is 2. The lowest BCUT2D eigenvalue weighted by Crippen LogP contribution is -2.41. The van der Waals surface area contributed by atoms with E-state index in [9.17, 15) is 8.42 Å². The predicted molar refractivity (Wildman–Crippen MR) is 88.4 cm³/mol. The van der Waals surface area contributed by atoms with Gasteiger partial charge in [-0.3, -0.25) is 0 Å². The molecule has 0 aromatic heterocycles. The van der Waals surface area contributed by atoms with Gasteiger partial charge in [0.1, 0.15) is 0 Å². The van der Waals surface area contributed by atoms with E-state index >= 15 is 0 Å². The summed E-state index contributed by atoms with van der Waals surface area (Å²) in [6, 6.07) is 0.443. The Morgan fingerprint density at radius 3 is 2.38 bits per heavy atom. The average Bonchev–Trinajstić information content (AvgIpc) is 2.42. The predicted octanol–water partition coefficient (Wildman–Crippen LogP) is 1.97. The fourth-order valence-electron chi connectivity index (χ4n) is 2.68. The number of nitrogens with one attached hydrogen (secondary N) is 2. The average molecular weight is 320 g/mol. The highest BCUT2D eigenvalue weighted by Crippen LogP contribution is 2.27. The molecule has 0 aliphatic heterocycles. The molecule has 0 bridgehead atoms. The van der Waals surface area contributed by atoms with E-state index in [0.29, 0.717) is 25.0 Å². The third kappa shape index (κ3) is 7.58. The molecule has 0 radical (unpaired) electrons. The summed E-state index contributed by atoms with van der Waals surface area (Å²) in [6.45, 7) is 8.44. The van der Waals surface area contributed by atoms with Crippen LogP contribution in [0.1, 0.15) is 52.9 Å². The van der Waals surface area contributed by atoms with Crippen molar-refractivity contribution < 1.29 is 8.42 Å². The van der Waals surface area contributed by atoms with Crippen LogP contribution in [-0.2, 0) is 10.2 Å². The molecule has 1 saturated carbocycles. The first-order valence-electron chi connectivity index (χ1n) is 8.25. The van der Waals surface area contributed by atoms with Gasteiger partial charge in [0, 0.05) is 26.2 Å². The lowest BCUT2D eigenvalue weighted by atomic mass is 9.83. The summed E-state index contributed by atoms with van der Waals surface area (Å²) in [5, 5.41) is 3.30. The van der Waals surface area contributed by atoms with Crippen molar-refractivity contribution in [2.75, 3.05) is 26.7 Å². The largest absolute Gasteiger partial charge is 0.314 e. The van der Waals surface area contributed by atoms with Gasteiger partial charge in [-0.15, -0.1) is 0 Å². The van der Waals surface area contributed by atoms with Gasteiger partial charge in [0.2, 0.25) is 0 Å². The number of hydrogen-bond acceptors (Lipinski definition) is 3. The zero-order valence-electron chi connectivity index (χ0n) is 14.1. The van der Waals surface area contributed by atoms with E-state index in [4.69, 9.17) is 0 Å². The van der Waals surface area contributed by atoms with Crippen molar-refractivity contribution in [3.05, 3.63) is 0 Å². The highest BCUT2D eigenvalue weighted by Gasteiger charge is 2.22. The molecule has 1 rings (SSSR count). The molecular formula is C15H33N3O2S. The van der Waals surface area contributed by atoms with Crippen molar-refractivity contribution in [1.29, 1.82) is 0 Å². The van der Waals surface area contributed by atoms with Crippen LogP contribution in [0.5, 0.6) is 0 Å². The first-order valence-corrected chi connectivity index (χ1v) is 9.69. The molecule has 1 fully saturated rings. The Labute approximate surface area is 131 Å². The molecule has 21 heavy (non-hydrogen) atoms. The van der Waals surface area contributed by atoms with Crippen molar-refractivity contribution >= 4 is 10.2 Å². The zero-order chi connectivity index (χ0) is 15.9. The summed E-state index contributed by atoms with van der Waals surface area (Å²) in [5.41, 5.74) is 0. The second-order valence-electron chi connectivity index (χ2n) is 6.76. The Hall–Kier alpha value is -0.170. The maximum atomic E-state index is 12.2. The Bertz CT molecular complexity index is 376. The van der Waals surface area contributed by atoms with Crippen molar-refractivity contribution in [2.24, 2.45) is 11.8 Å².